The van der Waals surface area contributed by atoms with Crippen LogP contribution in [0.25, 0.3) is 0 Å². The van der Waals surface area contributed by atoms with E-state index in [2.05, 4.69) is 0 Å². The molecule has 4 heteroatoms. The van der Waals surface area contributed by atoms with Gasteiger partial charge in [0.15, 0.2) is 0 Å². The molecule has 0 bridgehead atoms. The minimum Gasteiger partial charge on any atom is -0.212 e. The van der Waals surface area contributed by atoms with Crippen LogP contribution in [0.2, 0.25) is 0 Å². The fourth-order valence-corrected chi connectivity index (χ4v) is 5.51. The van der Waals surface area contributed by atoms with Crippen molar-refractivity contribution < 1.29 is 8.42 Å². The van der Waals surface area contributed by atoms with Crippen LogP contribution < -0.4 is 0 Å². The van der Waals surface area contributed by atoms with Crippen LogP contribution in [-0.4, -0.2) is 14.2 Å². The molecule has 2 aliphatic rings. The van der Waals surface area contributed by atoms with Gasteiger partial charge in [-0.2, -0.15) is 0 Å². The average Bonchev–Trinajstić information content (AvgIpc) is 2.39. The SMILES string of the molecule is O=S(=O)(Cl)CC(CC1CCCCC1)C1CCCCC1. The van der Waals surface area contributed by atoms with Crippen LogP contribution in [0.15, 0.2) is 0 Å². The highest BCUT2D eigenvalue weighted by Crippen LogP contribution is 2.38. The van der Waals surface area contributed by atoms with Crippen LogP contribution in [0.3, 0.4) is 0 Å². The molecule has 0 spiro atoms. The number of rotatable bonds is 5. The molecule has 0 N–H and O–H groups in total. The molecular weight excluding hydrogens is 280 g/mol. The average molecular weight is 307 g/mol. The maximum Gasteiger partial charge on any atom is 0.232 e. The van der Waals surface area contributed by atoms with E-state index in [1.165, 1.54) is 64.2 Å². The van der Waals surface area contributed by atoms with Crippen LogP contribution in [-0.2, 0) is 9.05 Å². The highest BCUT2D eigenvalue weighted by molar-refractivity contribution is 8.13. The first kappa shape index (κ1) is 15.6. The lowest BCUT2D eigenvalue weighted by atomic mass is 9.74. The van der Waals surface area contributed by atoms with Crippen molar-refractivity contribution >= 4 is 19.7 Å². The third-order valence-corrected chi connectivity index (χ3v) is 6.29. The normalized spacial score (nSPS) is 25.3. The van der Waals surface area contributed by atoms with Crippen LogP contribution in [0.1, 0.15) is 70.6 Å². The Kier molecular flexibility index (Phi) is 6.01. The molecule has 0 aromatic rings. The lowest BCUT2D eigenvalue weighted by Crippen LogP contribution is -2.27. The lowest BCUT2D eigenvalue weighted by molar-refractivity contribution is 0.205. The molecular formula is C15H27ClO2S. The van der Waals surface area contributed by atoms with E-state index in [0.717, 1.165) is 12.3 Å². The molecule has 0 amide bonds. The van der Waals surface area contributed by atoms with E-state index in [9.17, 15) is 8.42 Å². The van der Waals surface area contributed by atoms with E-state index in [-0.39, 0.29) is 5.75 Å². The van der Waals surface area contributed by atoms with Crippen LogP contribution >= 0.6 is 10.7 Å². The number of halogens is 1. The second-order valence-electron chi connectivity index (χ2n) is 6.60. The van der Waals surface area contributed by atoms with E-state index < -0.39 is 9.05 Å². The van der Waals surface area contributed by atoms with Gasteiger partial charge in [-0.05, 0) is 24.2 Å². The fraction of sp³-hybridized carbons (Fsp3) is 1.00. The molecule has 0 aromatic heterocycles. The van der Waals surface area contributed by atoms with Crippen molar-refractivity contribution in [1.29, 1.82) is 0 Å². The minimum absolute atomic E-state index is 0.204. The van der Waals surface area contributed by atoms with Crippen LogP contribution in [0.4, 0.5) is 0 Å². The highest BCUT2D eigenvalue weighted by atomic mass is 35.7. The van der Waals surface area contributed by atoms with Gasteiger partial charge in [0, 0.05) is 10.7 Å². The first-order valence-electron chi connectivity index (χ1n) is 7.97. The molecule has 112 valence electrons. The summed E-state index contributed by atoms with van der Waals surface area (Å²) >= 11 is 0. The van der Waals surface area contributed by atoms with E-state index >= 15 is 0 Å². The van der Waals surface area contributed by atoms with Gasteiger partial charge >= 0.3 is 0 Å². The Morgan fingerprint density at radius 3 is 1.95 bits per heavy atom. The van der Waals surface area contributed by atoms with Gasteiger partial charge in [0.25, 0.3) is 0 Å². The number of hydrogen-bond acceptors (Lipinski definition) is 2. The molecule has 0 saturated heterocycles. The topological polar surface area (TPSA) is 34.1 Å². The highest BCUT2D eigenvalue weighted by Gasteiger charge is 2.30. The van der Waals surface area contributed by atoms with Crippen molar-refractivity contribution in [2.75, 3.05) is 5.75 Å². The van der Waals surface area contributed by atoms with Crippen molar-refractivity contribution in [3.05, 3.63) is 0 Å². The summed E-state index contributed by atoms with van der Waals surface area (Å²) in [5.41, 5.74) is 0. The molecule has 0 radical (unpaired) electrons. The largest absolute Gasteiger partial charge is 0.232 e. The Morgan fingerprint density at radius 1 is 0.895 bits per heavy atom. The molecule has 2 aliphatic carbocycles. The molecule has 0 aliphatic heterocycles. The second-order valence-corrected chi connectivity index (χ2v) is 9.43. The van der Waals surface area contributed by atoms with Crippen molar-refractivity contribution in [3.8, 4) is 0 Å². The second kappa shape index (κ2) is 7.31. The molecule has 2 saturated carbocycles. The number of hydrogen-bond donors (Lipinski definition) is 0. The van der Waals surface area contributed by atoms with Gasteiger partial charge < -0.3 is 0 Å². The first-order valence-corrected chi connectivity index (χ1v) is 10.4. The Bertz CT molecular complexity index is 354. The molecule has 0 aromatic carbocycles. The summed E-state index contributed by atoms with van der Waals surface area (Å²) in [7, 11) is 2.19. The Hall–Kier alpha value is 0.240. The summed E-state index contributed by atoms with van der Waals surface area (Å²) in [6.07, 6.45) is 14.0. The molecule has 0 heterocycles. The molecule has 19 heavy (non-hydrogen) atoms. The molecule has 2 nitrogen and oxygen atoms in total. The van der Waals surface area contributed by atoms with Crippen molar-refractivity contribution in [1.82, 2.24) is 0 Å². The molecule has 1 unspecified atom stereocenters. The van der Waals surface area contributed by atoms with E-state index in [1.807, 2.05) is 0 Å². The van der Waals surface area contributed by atoms with Gasteiger partial charge in [0.2, 0.25) is 9.05 Å². The third-order valence-electron chi connectivity index (χ3n) is 5.09. The van der Waals surface area contributed by atoms with Gasteiger partial charge in [0.1, 0.15) is 0 Å². The summed E-state index contributed by atoms with van der Waals surface area (Å²) in [5, 5.41) is 0. The van der Waals surface area contributed by atoms with E-state index in [4.69, 9.17) is 10.7 Å². The summed E-state index contributed by atoms with van der Waals surface area (Å²) in [5.74, 6) is 1.87. The zero-order valence-corrected chi connectivity index (χ0v) is 13.4. The Labute approximate surface area is 122 Å². The summed E-state index contributed by atoms with van der Waals surface area (Å²) in [6, 6.07) is 0. The lowest BCUT2D eigenvalue weighted by Gasteiger charge is -2.33. The summed E-state index contributed by atoms with van der Waals surface area (Å²) in [6.45, 7) is 0. The van der Waals surface area contributed by atoms with Gasteiger partial charge in [-0.1, -0.05) is 64.2 Å². The standard InChI is InChI=1S/C15H27ClO2S/c16-19(17,18)12-15(14-9-5-2-6-10-14)11-13-7-3-1-4-8-13/h13-15H,1-12H2. The fourth-order valence-electron chi connectivity index (χ4n) is 4.11. The molecule has 2 rings (SSSR count). The quantitative estimate of drug-likeness (QED) is 0.689. The maximum absolute atomic E-state index is 11.5. The van der Waals surface area contributed by atoms with Gasteiger partial charge in [-0.3, -0.25) is 0 Å². The van der Waals surface area contributed by atoms with Gasteiger partial charge in [0.05, 0.1) is 5.75 Å². The van der Waals surface area contributed by atoms with Crippen LogP contribution in [0.5, 0.6) is 0 Å². The molecule has 2 fully saturated rings. The summed E-state index contributed by atoms with van der Waals surface area (Å²) < 4.78 is 23.0. The smallest absolute Gasteiger partial charge is 0.212 e. The van der Waals surface area contributed by atoms with Crippen LogP contribution in [0, 0.1) is 17.8 Å². The first-order chi connectivity index (χ1) is 9.04. The third kappa shape index (κ3) is 5.63. The Morgan fingerprint density at radius 2 is 1.42 bits per heavy atom. The van der Waals surface area contributed by atoms with Crippen molar-refractivity contribution in [2.45, 2.75) is 70.6 Å². The van der Waals surface area contributed by atoms with Crippen molar-refractivity contribution in [2.24, 2.45) is 17.8 Å². The summed E-state index contributed by atoms with van der Waals surface area (Å²) in [4.78, 5) is 0. The van der Waals surface area contributed by atoms with E-state index in [0.29, 0.717) is 11.8 Å². The van der Waals surface area contributed by atoms with Crippen molar-refractivity contribution in [3.63, 3.8) is 0 Å². The van der Waals surface area contributed by atoms with E-state index in [1.54, 1.807) is 0 Å². The molecule has 1 atom stereocenters. The predicted octanol–water partition coefficient (Wildman–Crippen LogP) is 4.72. The zero-order chi connectivity index (χ0) is 13.7. The maximum atomic E-state index is 11.5. The minimum atomic E-state index is -3.35. The van der Waals surface area contributed by atoms with Gasteiger partial charge in [-0.15, -0.1) is 0 Å². The van der Waals surface area contributed by atoms with Gasteiger partial charge in [-0.25, -0.2) is 8.42 Å². The zero-order valence-electron chi connectivity index (χ0n) is 11.8. The monoisotopic (exact) mass is 306 g/mol. The Balaban J connectivity index is 1.95. The predicted molar refractivity (Wildman–Crippen MR) is 80.9 cm³/mol.